The Balaban J connectivity index is 0.000000184. The number of nitrogens with two attached hydrogens (primary N) is 2. The van der Waals surface area contributed by atoms with Gasteiger partial charge in [0.1, 0.15) is 0 Å². The highest BCUT2D eigenvalue weighted by Gasteiger charge is 2.28. The molecule has 0 aromatic carbocycles. The summed E-state index contributed by atoms with van der Waals surface area (Å²) in [6, 6.07) is -0.833. The van der Waals surface area contributed by atoms with E-state index in [4.69, 9.17) is 4.79 Å². The maximum absolute atomic E-state index is 11.0. The number of allylic oxidation sites excluding steroid dienone is 4. The number of sulfone groups is 1. The van der Waals surface area contributed by atoms with E-state index in [2.05, 4.69) is 11.5 Å². The molecule has 0 radical (unpaired) electrons. The third kappa shape index (κ3) is 1.78. The molecular weight excluding hydrogens is 192 g/mol. The average molecular weight is 200 g/mol. The number of carbonyl (C=O) groups excluding carboxylic acids is 1. The van der Waals surface area contributed by atoms with Gasteiger partial charge in [0.15, 0.2) is 0 Å². The van der Waals surface area contributed by atoms with E-state index in [-0.39, 0.29) is 0 Å². The van der Waals surface area contributed by atoms with Gasteiger partial charge in [0, 0.05) is 0 Å². The predicted molar refractivity (Wildman–Crippen MR) is 48.0 cm³/mol. The first-order valence-corrected chi connectivity index (χ1v) is 4.83. The Kier molecular flexibility index (Phi) is 2.24. The molecule has 5 nitrogen and oxygen atoms in total. The predicted octanol–water partition coefficient (Wildman–Crippen LogP) is -0.224. The van der Waals surface area contributed by atoms with Crippen molar-refractivity contribution < 1.29 is 13.2 Å². The van der Waals surface area contributed by atoms with Gasteiger partial charge in [0.25, 0.3) is 0 Å². The number of urea groups is 1. The zero-order valence-corrected chi connectivity index (χ0v) is 7.41. The van der Waals surface area contributed by atoms with Crippen LogP contribution in [0.3, 0.4) is 0 Å². The summed E-state index contributed by atoms with van der Waals surface area (Å²) in [7, 11) is -2.98. The molecule has 2 rings (SSSR count). The smallest absolute Gasteiger partial charge is 0.309 e. The van der Waals surface area contributed by atoms with E-state index in [1.165, 1.54) is 0 Å². The summed E-state index contributed by atoms with van der Waals surface area (Å²) in [5.41, 5.74) is 8.50. The molecule has 0 aromatic heterocycles. The largest absolute Gasteiger partial charge is 0.352 e. The second-order valence-electron chi connectivity index (χ2n) is 2.38. The first-order chi connectivity index (χ1) is 5.94. The normalized spacial score (nSPS) is 20.0. The Labute approximate surface area is 75.3 Å². The first-order valence-electron chi connectivity index (χ1n) is 3.34. The van der Waals surface area contributed by atoms with Crippen molar-refractivity contribution in [2.75, 3.05) is 0 Å². The lowest BCUT2D eigenvalue weighted by Gasteiger charge is -1.86. The third-order valence-corrected chi connectivity index (χ3v) is 3.23. The van der Waals surface area contributed by atoms with Crippen LogP contribution >= 0.6 is 0 Å². The quantitative estimate of drug-likeness (QED) is 0.564. The van der Waals surface area contributed by atoms with E-state index >= 15 is 0 Å². The molecule has 0 aromatic rings. The molecule has 0 spiro atoms. The Morgan fingerprint density at radius 1 is 1.08 bits per heavy atom. The highest BCUT2D eigenvalue weighted by molar-refractivity contribution is 8.00. The molecule has 70 valence electrons. The monoisotopic (exact) mass is 200 g/mol. The van der Waals surface area contributed by atoms with E-state index < -0.39 is 15.9 Å². The van der Waals surface area contributed by atoms with Crippen molar-refractivity contribution in [2.45, 2.75) is 0 Å². The molecule has 0 atom stereocenters. The molecule has 2 aliphatic heterocycles. The fraction of sp³-hybridized carbons (Fsp3) is 0. The standard InChI is InChI=1S/C6H4O2S.CH4N2O/c7-9(8)5-1-2-6(9)4-3-5;2-1(3)4/h1-4H;(H4,2,3,4). The Morgan fingerprint density at radius 3 is 1.46 bits per heavy atom. The number of hydrogen-bond donors (Lipinski definition) is 2. The van der Waals surface area contributed by atoms with E-state index in [1.807, 2.05) is 0 Å². The van der Waals surface area contributed by atoms with Crippen LogP contribution in [0.4, 0.5) is 4.79 Å². The lowest BCUT2D eigenvalue weighted by atomic mass is 10.3. The molecule has 2 bridgehead atoms. The molecule has 2 amide bonds. The highest BCUT2D eigenvalue weighted by Crippen LogP contribution is 2.32. The molecule has 13 heavy (non-hydrogen) atoms. The molecule has 0 aliphatic carbocycles. The second-order valence-corrected chi connectivity index (χ2v) is 4.33. The summed E-state index contributed by atoms with van der Waals surface area (Å²) in [6.45, 7) is 0. The van der Waals surface area contributed by atoms with Crippen LogP contribution in [0.2, 0.25) is 0 Å². The van der Waals surface area contributed by atoms with E-state index in [0.29, 0.717) is 9.81 Å². The van der Waals surface area contributed by atoms with Crippen molar-refractivity contribution in [1.29, 1.82) is 0 Å². The van der Waals surface area contributed by atoms with Crippen LogP contribution in [0.5, 0.6) is 0 Å². The fourth-order valence-electron chi connectivity index (χ4n) is 0.934. The minimum Gasteiger partial charge on any atom is -0.352 e. The fourth-order valence-corrected chi connectivity index (χ4v) is 2.19. The SMILES string of the molecule is NC(N)=O.O=S1(=O)C2=CC=C1C=C2. The van der Waals surface area contributed by atoms with Crippen LogP contribution in [0.1, 0.15) is 0 Å². The number of primary amides is 2. The second kappa shape index (κ2) is 3.06. The van der Waals surface area contributed by atoms with Crippen molar-refractivity contribution in [3.05, 3.63) is 34.1 Å². The van der Waals surface area contributed by atoms with Gasteiger partial charge in [-0.1, -0.05) is 0 Å². The van der Waals surface area contributed by atoms with Crippen LogP contribution in [-0.4, -0.2) is 14.4 Å². The van der Waals surface area contributed by atoms with E-state index in [9.17, 15) is 8.42 Å². The Bertz CT molecular complexity index is 397. The molecule has 4 N–H and O–H groups in total. The van der Waals surface area contributed by atoms with Crippen LogP contribution < -0.4 is 11.5 Å². The Hall–Kier alpha value is -1.56. The van der Waals surface area contributed by atoms with E-state index in [1.54, 1.807) is 24.3 Å². The summed E-state index contributed by atoms with van der Waals surface area (Å²) < 4.78 is 21.9. The average Bonchev–Trinajstić information content (AvgIpc) is 2.42. The number of hydrogen-bond acceptors (Lipinski definition) is 3. The first kappa shape index (κ1) is 9.53. The summed E-state index contributed by atoms with van der Waals surface area (Å²) in [5.74, 6) is 0. The minimum atomic E-state index is -2.98. The van der Waals surface area contributed by atoms with Crippen LogP contribution in [0.15, 0.2) is 34.1 Å². The zero-order valence-electron chi connectivity index (χ0n) is 6.60. The molecule has 0 saturated carbocycles. The Morgan fingerprint density at radius 2 is 1.38 bits per heavy atom. The van der Waals surface area contributed by atoms with Crippen molar-refractivity contribution >= 4 is 15.9 Å². The molecule has 0 fully saturated rings. The molecule has 6 heteroatoms. The van der Waals surface area contributed by atoms with Crippen molar-refractivity contribution in [3.63, 3.8) is 0 Å². The molecular formula is C7H8N2O3S. The van der Waals surface area contributed by atoms with Crippen molar-refractivity contribution in [3.8, 4) is 0 Å². The van der Waals surface area contributed by atoms with Gasteiger partial charge >= 0.3 is 6.03 Å². The van der Waals surface area contributed by atoms with Gasteiger partial charge in [-0.05, 0) is 24.3 Å². The number of fused-ring (bicyclic) bond motifs is 2. The maximum atomic E-state index is 11.0. The summed E-state index contributed by atoms with van der Waals surface area (Å²) in [6.07, 6.45) is 6.46. The molecule has 0 saturated heterocycles. The van der Waals surface area contributed by atoms with Gasteiger partial charge < -0.3 is 11.5 Å². The molecule has 2 heterocycles. The number of rotatable bonds is 0. The summed E-state index contributed by atoms with van der Waals surface area (Å²) in [4.78, 5) is 9.86. The van der Waals surface area contributed by atoms with Gasteiger partial charge in [0.2, 0.25) is 9.84 Å². The van der Waals surface area contributed by atoms with Gasteiger partial charge in [-0.15, -0.1) is 0 Å². The van der Waals surface area contributed by atoms with Crippen molar-refractivity contribution in [2.24, 2.45) is 11.5 Å². The number of carbonyl (C=O) groups is 1. The molecule has 2 aliphatic rings. The third-order valence-electron chi connectivity index (χ3n) is 1.44. The van der Waals surface area contributed by atoms with E-state index in [0.717, 1.165) is 0 Å². The highest BCUT2D eigenvalue weighted by atomic mass is 32.2. The summed E-state index contributed by atoms with van der Waals surface area (Å²) >= 11 is 0. The molecule has 0 unspecified atom stereocenters. The number of amides is 2. The van der Waals surface area contributed by atoms with Gasteiger partial charge in [-0.25, -0.2) is 13.2 Å². The van der Waals surface area contributed by atoms with Crippen LogP contribution in [-0.2, 0) is 9.84 Å². The lowest BCUT2D eigenvalue weighted by Crippen LogP contribution is -2.18. The minimum absolute atomic E-state index is 0.428. The van der Waals surface area contributed by atoms with Crippen LogP contribution in [0.25, 0.3) is 0 Å². The van der Waals surface area contributed by atoms with Crippen molar-refractivity contribution in [1.82, 2.24) is 0 Å². The zero-order chi connectivity index (χ0) is 10.1. The topological polar surface area (TPSA) is 103 Å². The van der Waals surface area contributed by atoms with Crippen LogP contribution in [0, 0.1) is 0 Å². The maximum Gasteiger partial charge on any atom is 0.309 e. The van der Waals surface area contributed by atoms with Gasteiger partial charge in [0.05, 0.1) is 9.81 Å². The lowest BCUT2D eigenvalue weighted by molar-refractivity contribution is 0.256. The van der Waals surface area contributed by atoms with Gasteiger partial charge in [-0.3, -0.25) is 0 Å². The summed E-state index contributed by atoms with van der Waals surface area (Å²) in [5, 5.41) is 0. The van der Waals surface area contributed by atoms with Gasteiger partial charge in [-0.2, -0.15) is 0 Å².